The molecule has 0 amide bonds. The monoisotopic (exact) mass is 462 g/mol. The van der Waals surface area contributed by atoms with E-state index in [0.29, 0.717) is 53.4 Å². The molecule has 0 aliphatic heterocycles. The van der Waals surface area contributed by atoms with Gasteiger partial charge in [-0.1, -0.05) is 0 Å². The molecule has 10 heteroatoms. The minimum Gasteiger partial charge on any atom is -0.493 e. The predicted molar refractivity (Wildman–Crippen MR) is 116 cm³/mol. The van der Waals surface area contributed by atoms with Crippen molar-refractivity contribution in [3.05, 3.63) is 47.5 Å². The van der Waals surface area contributed by atoms with Gasteiger partial charge in [-0.2, -0.15) is 13.2 Å². The van der Waals surface area contributed by atoms with Crippen molar-refractivity contribution in [3.63, 3.8) is 0 Å². The van der Waals surface area contributed by atoms with E-state index in [9.17, 15) is 13.2 Å². The number of fused-ring (bicyclic) bond motifs is 1. The summed E-state index contributed by atoms with van der Waals surface area (Å²) < 4.78 is 56.0. The van der Waals surface area contributed by atoms with Crippen LogP contribution in [0.2, 0.25) is 0 Å². The molecule has 0 bridgehead atoms. The molecule has 176 valence electrons. The van der Waals surface area contributed by atoms with Gasteiger partial charge in [0.05, 0.1) is 49.7 Å². The van der Waals surface area contributed by atoms with E-state index in [4.69, 9.17) is 14.2 Å². The number of aromatic nitrogens is 3. The van der Waals surface area contributed by atoms with Crippen molar-refractivity contribution in [1.29, 1.82) is 0 Å². The Morgan fingerprint density at radius 2 is 1.91 bits per heavy atom. The van der Waals surface area contributed by atoms with Gasteiger partial charge >= 0.3 is 6.18 Å². The van der Waals surface area contributed by atoms with E-state index < -0.39 is 11.7 Å². The molecule has 2 aromatic heterocycles. The fourth-order valence-electron chi connectivity index (χ4n) is 3.31. The number of ether oxygens (including phenoxy) is 3. The number of benzene rings is 1. The lowest BCUT2D eigenvalue weighted by Crippen LogP contribution is -2.09. The second-order valence-electron chi connectivity index (χ2n) is 7.80. The van der Waals surface area contributed by atoms with Crippen LogP contribution in [-0.4, -0.2) is 41.4 Å². The minimum atomic E-state index is -4.43. The van der Waals surface area contributed by atoms with E-state index >= 15 is 0 Å². The maximum absolute atomic E-state index is 13.0. The lowest BCUT2D eigenvalue weighted by molar-refractivity contribution is -0.137. The van der Waals surface area contributed by atoms with E-state index in [1.54, 1.807) is 26.2 Å². The van der Waals surface area contributed by atoms with Gasteiger partial charge in [0.2, 0.25) is 0 Å². The zero-order valence-corrected chi connectivity index (χ0v) is 18.4. The molecule has 3 aromatic rings. The molecule has 0 unspecified atom stereocenters. The van der Waals surface area contributed by atoms with Gasteiger partial charge < -0.3 is 19.5 Å². The average molecular weight is 462 g/mol. The molecular weight excluding hydrogens is 437 g/mol. The zero-order valence-electron chi connectivity index (χ0n) is 18.4. The molecule has 0 radical (unpaired) electrons. The Bertz CT molecular complexity index is 1120. The van der Waals surface area contributed by atoms with Gasteiger partial charge in [0.25, 0.3) is 0 Å². The number of nitrogens with one attached hydrogen (secondary N) is 1. The lowest BCUT2D eigenvalue weighted by Gasteiger charge is -2.15. The van der Waals surface area contributed by atoms with E-state index in [0.717, 1.165) is 37.6 Å². The van der Waals surface area contributed by atoms with Gasteiger partial charge in [-0.15, -0.1) is 0 Å². The summed E-state index contributed by atoms with van der Waals surface area (Å²) in [7, 11) is 1.55. The molecule has 1 saturated carbocycles. The Morgan fingerprint density at radius 1 is 1.09 bits per heavy atom. The van der Waals surface area contributed by atoms with Gasteiger partial charge in [0.1, 0.15) is 11.6 Å². The lowest BCUT2D eigenvalue weighted by atomic mass is 10.2. The minimum absolute atomic E-state index is 0.0657. The predicted octanol–water partition coefficient (Wildman–Crippen LogP) is 4.92. The fraction of sp³-hybridized carbons (Fsp3) is 0.435. The second kappa shape index (κ2) is 9.78. The van der Waals surface area contributed by atoms with E-state index in [1.165, 1.54) is 0 Å². The van der Waals surface area contributed by atoms with Gasteiger partial charge in [-0.3, -0.25) is 4.98 Å². The molecule has 0 atom stereocenters. The molecule has 7 nitrogen and oxygen atoms in total. The van der Waals surface area contributed by atoms with E-state index in [1.807, 2.05) is 0 Å². The Morgan fingerprint density at radius 3 is 2.64 bits per heavy atom. The Balaban J connectivity index is 1.52. The summed E-state index contributed by atoms with van der Waals surface area (Å²) in [6.07, 6.45) is 0.124. The SMILES string of the molecule is COc1cc2nc(C)nc(NCc3cc(C(F)(F)F)ccn3)c2cc1OCCCOC1CC1. The van der Waals surface area contributed by atoms with Crippen molar-refractivity contribution in [3.8, 4) is 11.5 Å². The first-order chi connectivity index (χ1) is 15.8. The van der Waals surface area contributed by atoms with Crippen LogP contribution in [0, 0.1) is 6.92 Å². The summed E-state index contributed by atoms with van der Waals surface area (Å²) in [5.41, 5.74) is 0.127. The quantitative estimate of drug-likeness (QED) is 0.429. The fourth-order valence-corrected chi connectivity index (χ4v) is 3.31. The van der Waals surface area contributed by atoms with E-state index in [-0.39, 0.29) is 12.2 Å². The van der Waals surface area contributed by atoms with Crippen LogP contribution in [0.5, 0.6) is 11.5 Å². The molecular formula is C23H25F3N4O3. The number of hydrogen-bond acceptors (Lipinski definition) is 7. The maximum atomic E-state index is 13.0. The third-order valence-corrected chi connectivity index (χ3v) is 5.10. The molecule has 4 rings (SSSR count). The molecule has 1 aliphatic rings. The van der Waals surface area contributed by atoms with Crippen LogP contribution in [0.4, 0.5) is 19.0 Å². The molecule has 1 aromatic carbocycles. The Kier molecular flexibility index (Phi) is 6.83. The average Bonchev–Trinajstić information content (AvgIpc) is 3.61. The highest BCUT2D eigenvalue weighted by atomic mass is 19.4. The van der Waals surface area contributed by atoms with Crippen LogP contribution >= 0.6 is 0 Å². The van der Waals surface area contributed by atoms with Crippen molar-refractivity contribution in [1.82, 2.24) is 15.0 Å². The number of nitrogens with zero attached hydrogens (tertiary/aromatic N) is 3. The number of pyridine rings is 1. The van der Waals surface area contributed by atoms with Gasteiger partial charge in [0.15, 0.2) is 11.5 Å². The van der Waals surface area contributed by atoms with Crippen LogP contribution in [0.3, 0.4) is 0 Å². The third-order valence-electron chi connectivity index (χ3n) is 5.10. The Labute approximate surface area is 189 Å². The topological polar surface area (TPSA) is 78.4 Å². The normalized spacial score (nSPS) is 13.8. The summed E-state index contributed by atoms with van der Waals surface area (Å²) in [6.45, 7) is 2.90. The Hall–Kier alpha value is -3.14. The number of rotatable bonds is 10. The zero-order chi connectivity index (χ0) is 23.4. The van der Waals surface area contributed by atoms with Crippen molar-refractivity contribution < 1.29 is 27.4 Å². The first kappa shape index (κ1) is 23.0. The molecule has 0 saturated heterocycles. The highest BCUT2D eigenvalue weighted by molar-refractivity contribution is 5.91. The van der Waals surface area contributed by atoms with Crippen LogP contribution < -0.4 is 14.8 Å². The van der Waals surface area contributed by atoms with Gasteiger partial charge in [-0.05, 0) is 38.0 Å². The van der Waals surface area contributed by atoms with Crippen LogP contribution in [0.25, 0.3) is 10.9 Å². The largest absolute Gasteiger partial charge is 0.493 e. The van der Waals surface area contributed by atoms with Gasteiger partial charge in [-0.25, -0.2) is 9.97 Å². The van der Waals surface area contributed by atoms with Crippen molar-refractivity contribution in [2.75, 3.05) is 25.6 Å². The number of halogens is 3. The number of aryl methyl sites for hydroxylation is 1. The highest BCUT2D eigenvalue weighted by Gasteiger charge is 2.30. The molecule has 33 heavy (non-hydrogen) atoms. The highest BCUT2D eigenvalue weighted by Crippen LogP contribution is 2.35. The van der Waals surface area contributed by atoms with Crippen LogP contribution in [-0.2, 0) is 17.5 Å². The number of methoxy groups -OCH3 is 1. The van der Waals surface area contributed by atoms with Crippen LogP contribution in [0.15, 0.2) is 30.5 Å². The molecule has 2 heterocycles. The van der Waals surface area contributed by atoms with Crippen LogP contribution in [0.1, 0.15) is 36.3 Å². The number of anilines is 1. The molecule has 1 fully saturated rings. The molecule has 0 spiro atoms. The summed E-state index contributed by atoms with van der Waals surface area (Å²) in [4.78, 5) is 12.9. The molecule has 1 aliphatic carbocycles. The molecule has 1 N–H and O–H groups in total. The summed E-state index contributed by atoms with van der Waals surface area (Å²) in [5.74, 6) is 2.05. The van der Waals surface area contributed by atoms with E-state index in [2.05, 4.69) is 20.3 Å². The number of hydrogen-bond donors (Lipinski definition) is 1. The summed E-state index contributed by atoms with van der Waals surface area (Å²) in [5, 5.41) is 3.75. The first-order valence-electron chi connectivity index (χ1n) is 10.7. The number of alkyl halides is 3. The maximum Gasteiger partial charge on any atom is 0.416 e. The third kappa shape index (κ3) is 6.01. The second-order valence-corrected chi connectivity index (χ2v) is 7.80. The van der Waals surface area contributed by atoms with Crippen molar-refractivity contribution in [2.45, 2.75) is 45.0 Å². The van der Waals surface area contributed by atoms with Gasteiger partial charge in [0, 0.05) is 24.1 Å². The first-order valence-corrected chi connectivity index (χ1v) is 10.7. The summed E-state index contributed by atoms with van der Waals surface area (Å²) >= 11 is 0. The van der Waals surface area contributed by atoms with Crippen molar-refractivity contribution in [2.24, 2.45) is 0 Å². The van der Waals surface area contributed by atoms with Crippen molar-refractivity contribution >= 4 is 16.7 Å². The summed E-state index contributed by atoms with van der Waals surface area (Å²) in [6, 6.07) is 5.49. The smallest absolute Gasteiger partial charge is 0.416 e. The standard InChI is InChI=1S/C23H25F3N4O3/c1-14-29-19-12-20(31-2)21(33-9-3-8-32-17-4-5-17)11-18(19)22(30-14)28-13-16-10-15(6-7-27-16)23(24,25)26/h6-7,10-12,17H,3-5,8-9,13H2,1-2H3,(H,28,29,30).